The van der Waals surface area contributed by atoms with E-state index in [2.05, 4.69) is 46.4 Å². The first-order chi connectivity index (χ1) is 8.67. The van der Waals surface area contributed by atoms with E-state index in [-0.39, 0.29) is 6.29 Å². The summed E-state index contributed by atoms with van der Waals surface area (Å²) in [7, 11) is 0. The highest BCUT2D eigenvalue weighted by Gasteiger charge is 2.07. The van der Waals surface area contributed by atoms with Crippen molar-refractivity contribution in [3.8, 4) is 0 Å². The molecule has 0 aliphatic heterocycles. The summed E-state index contributed by atoms with van der Waals surface area (Å²) >= 11 is 3.53. The predicted octanol–water partition coefficient (Wildman–Crippen LogP) is 3.96. The van der Waals surface area contributed by atoms with Gasteiger partial charge in [0, 0.05) is 36.3 Å². The number of benzene rings is 1. The van der Waals surface area contributed by atoms with Crippen LogP contribution in [0.15, 0.2) is 22.7 Å². The van der Waals surface area contributed by atoms with E-state index in [4.69, 9.17) is 9.47 Å². The fourth-order valence-corrected chi connectivity index (χ4v) is 2.07. The maximum atomic E-state index is 5.50. The molecule has 1 aromatic rings. The zero-order valence-corrected chi connectivity index (χ0v) is 12.9. The van der Waals surface area contributed by atoms with Crippen LogP contribution in [0.25, 0.3) is 0 Å². The lowest BCUT2D eigenvalue weighted by atomic mass is 10.2. The van der Waals surface area contributed by atoms with Gasteiger partial charge in [-0.15, -0.1) is 0 Å². The van der Waals surface area contributed by atoms with E-state index < -0.39 is 0 Å². The zero-order chi connectivity index (χ0) is 13.4. The standard InChI is InChI=1S/C14H22BrNO2/c1-4-17-14(18-5-2)8-9-16-13-10-11(3)6-7-12(13)15/h6-7,10,14,16H,4-5,8-9H2,1-3H3. The summed E-state index contributed by atoms with van der Waals surface area (Å²) in [5.74, 6) is 0. The van der Waals surface area contributed by atoms with Crippen LogP contribution in [0.5, 0.6) is 0 Å². The molecule has 1 aromatic carbocycles. The molecule has 0 aliphatic carbocycles. The Morgan fingerprint density at radius 2 is 1.89 bits per heavy atom. The minimum absolute atomic E-state index is 0.115. The van der Waals surface area contributed by atoms with Gasteiger partial charge in [-0.2, -0.15) is 0 Å². The van der Waals surface area contributed by atoms with Crippen molar-refractivity contribution in [1.29, 1.82) is 0 Å². The molecule has 18 heavy (non-hydrogen) atoms. The number of ether oxygens (including phenoxy) is 2. The molecule has 0 radical (unpaired) electrons. The Bertz CT molecular complexity index is 352. The molecule has 0 aliphatic rings. The Balaban J connectivity index is 2.41. The maximum absolute atomic E-state index is 5.50. The van der Waals surface area contributed by atoms with Gasteiger partial charge < -0.3 is 14.8 Å². The number of aryl methyl sites for hydroxylation is 1. The first-order valence-electron chi connectivity index (χ1n) is 6.40. The van der Waals surface area contributed by atoms with Crippen LogP contribution in [0.1, 0.15) is 25.8 Å². The number of anilines is 1. The Morgan fingerprint density at radius 3 is 2.50 bits per heavy atom. The van der Waals surface area contributed by atoms with Gasteiger partial charge in [-0.25, -0.2) is 0 Å². The van der Waals surface area contributed by atoms with Gasteiger partial charge in [0.15, 0.2) is 6.29 Å². The lowest BCUT2D eigenvalue weighted by Gasteiger charge is -2.17. The molecule has 0 unspecified atom stereocenters. The van der Waals surface area contributed by atoms with Crippen LogP contribution in [-0.2, 0) is 9.47 Å². The van der Waals surface area contributed by atoms with E-state index in [1.807, 2.05) is 13.8 Å². The molecule has 0 bridgehead atoms. The SMILES string of the molecule is CCOC(CCNc1cc(C)ccc1Br)OCC. The molecule has 0 spiro atoms. The second-order valence-corrected chi connectivity index (χ2v) is 4.89. The van der Waals surface area contributed by atoms with Crippen molar-refractivity contribution in [1.82, 2.24) is 0 Å². The van der Waals surface area contributed by atoms with Gasteiger partial charge >= 0.3 is 0 Å². The first-order valence-corrected chi connectivity index (χ1v) is 7.19. The number of halogens is 1. The predicted molar refractivity (Wildman–Crippen MR) is 79.0 cm³/mol. The quantitative estimate of drug-likeness (QED) is 0.737. The van der Waals surface area contributed by atoms with Crippen LogP contribution in [0, 0.1) is 6.92 Å². The molecule has 0 heterocycles. The molecule has 0 aromatic heterocycles. The lowest BCUT2D eigenvalue weighted by Crippen LogP contribution is -2.21. The van der Waals surface area contributed by atoms with E-state index in [1.165, 1.54) is 5.56 Å². The van der Waals surface area contributed by atoms with E-state index in [0.29, 0.717) is 13.2 Å². The normalized spacial score (nSPS) is 10.9. The van der Waals surface area contributed by atoms with Crippen molar-refractivity contribution in [3.63, 3.8) is 0 Å². The van der Waals surface area contributed by atoms with Gasteiger partial charge in [0.25, 0.3) is 0 Å². The van der Waals surface area contributed by atoms with E-state index in [0.717, 1.165) is 23.1 Å². The van der Waals surface area contributed by atoms with Crippen molar-refractivity contribution in [2.45, 2.75) is 33.5 Å². The summed E-state index contributed by atoms with van der Waals surface area (Å²) < 4.78 is 12.1. The summed E-state index contributed by atoms with van der Waals surface area (Å²) in [5.41, 5.74) is 2.36. The van der Waals surface area contributed by atoms with Gasteiger partial charge in [0.2, 0.25) is 0 Å². The molecular weight excluding hydrogens is 294 g/mol. The smallest absolute Gasteiger partial charge is 0.159 e. The fraction of sp³-hybridized carbons (Fsp3) is 0.571. The Hall–Kier alpha value is -0.580. The molecule has 3 nitrogen and oxygen atoms in total. The Kier molecular flexibility index (Phi) is 7.32. The van der Waals surface area contributed by atoms with Crippen LogP contribution in [0.2, 0.25) is 0 Å². The largest absolute Gasteiger partial charge is 0.384 e. The van der Waals surface area contributed by atoms with Gasteiger partial charge in [-0.05, 0) is 54.4 Å². The summed E-state index contributed by atoms with van der Waals surface area (Å²) in [4.78, 5) is 0. The third kappa shape index (κ3) is 5.38. The molecule has 102 valence electrons. The van der Waals surface area contributed by atoms with Gasteiger partial charge in [0.1, 0.15) is 0 Å². The maximum Gasteiger partial charge on any atom is 0.159 e. The van der Waals surface area contributed by atoms with Crippen molar-refractivity contribution in [2.24, 2.45) is 0 Å². The highest BCUT2D eigenvalue weighted by molar-refractivity contribution is 9.10. The summed E-state index contributed by atoms with van der Waals surface area (Å²) in [6.45, 7) is 8.23. The van der Waals surface area contributed by atoms with Crippen LogP contribution < -0.4 is 5.32 Å². The molecule has 0 saturated heterocycles. The summed E-state index contributed by atoms with van der Waals surface area (Å²) in [6.07, 6.45) is 0.721. The summed E-state index contributed by atoms with van der Waals surface area (Å²) in [6, 6.07) is 6.26. The van der Waals surface area contributed by atoms with E-state index in [1.54, 1.807) is 0 Å². The van der Waals surface area contributed by atoms with Crippen molar-refractivity contribution >= 4 is 21.6 Å². The minimum Gasteiger partial charge on any atom is -0.384 e. The molecule has 0 fully saturated rings. The van der Waals surface area contributed by atoms with E-state index in [9.17, 15) is 0 Å². The van der Waals surface area contributed by atoms with Gasteiger partial charge in [-0.1, -0.05) is 6.07 Å². The lowest BCUT2D eigenvalue weighted by molar-refractivity contribution is -0.137. The topological polar surface area (TPSA) is 30.5 Å². The van der Waals surface area contributed by atoms with E-state index >= 15 is 0 Å². The molecule has 0 amide bonds. The van der Waals surface area contributed by atoms with Crippen LogP contribution in [0.3, 0.4) is 0 Å². The molecule has 0 saturated carbocycles. The van der Waals surface area contributed by atoms with Gasteiger partial charge in [0.05, 0.1) is 0 Å². The van der Waals surface area contributed by atoms with Crippen LogP contribution >= 0.6 is 15.9 Å². The van der Waals surface area contributed by atoms with Crippen LogP contribution in [0.4, 0.5) is 5.69 Å². The monoisotopic (exact) mass is 315 g/mol. The Morgan fingerprint density at radius 1 is 1.22 bits per heavy atom. The first kappa shape index (κ1) is 15.5. The third-order valence-electron chi connectivity index (χ3n) is 2.52. The second kappa shape index (κ2) is 8.51. The van der Waals surface area contributed by atoms with Crippen LogP contribution in [-0.4, -0.2) is 26.0 Å². The number of nitrogens with one attached hydrogen (secondary N) is 1. The molecule has 1 N–H and O–H groups in total. The third-order valence-corrected chi connectivity index (χ3v) is 3.21. The van der Waals surface area contributed by atoms with Crippen molar-refractivity contribution in [3.05, 3.63) is 28.2 Å². The van der Waals surface area contributed by atoms with Crippen molar-refractivity contribution in [2.75, 3.05) is 25.1 Å². The second-order valence-electron chi connectivity index (χ2n) is 4.04. The Labute approximate surface area is 118 Å². The average molecular weight is 316 g/mol. The number of hydrogen-bond donors (Lipinski definition) is 1. The number of hydrogen-bond acceptors (Lipinski definition) is 3. The fourth-order valence-electron chi connectivity index (χ4n) is 1.69. The molecule has 0 atom stereocenters. The highest BCUT2D eigenvalue weighted by Crippen LogP contribution is 2.23. The molecule has 1 rings (SSSR count). The highest BCUT2D eigenvalue weighted by atomic mass is 79.9. The minimum atomic E-state index is -0.115. The number of rotatable bonds is 8. The summed E-state index contributed by atoms with van der Waals surface area (Å²) in [5, 5.41) is 3.39. The zero-order valence-electron chi connectivity index (χ0n) is 11.3. The molecular formula is C14H22BrNO2. The average Bonchev–Trinajstić information content (AvgIpc) is 2.34. The van der Waals surface area contributed by atoms with Crippen molar-refractivity contribution < 1.29 is 9.47 Å². The van der Waals surface area contributed by atoms with Gasteiger partial charge in [-0.3, -0.25) is 0 Å². The molecule has 4 heteroatoms.